The van der Waals surface area contributed by atoms with E-state index < -0.39 is 6.10 Å². The van der Waals surface area contributed by atoms with Gasteiger partial charge in [-0.3, -0.25) is 4.79 Å². The van der Waals surface area contributed by atoms with Gasteiger partial charge < -0.3 is 9.84 Å². The van der Waals surface area contributed by atoms with Crippen LogP contribution in [0.5, 0.6) is 5.75 Å². The molecular formula is C14H13BrO3. The molecule has 0 bridgehead atoms. The molecule has 18 heavy (non-hydrogen) atoms. The average molecular weight is 309 g/mol. The Hall–Kier alpha value is -1.39. The number of aliphatic hydroxyl groups is 1. The molecule has 0 amide bonds. The van der Waals surface area contributed by atoms with E-state index in [1.165, 1.54) is 0 Å². The van der Waals surface area contributed by atoms with Crippen molar-refractivity contribution >= 4 is 27.3 Å². The summed E-state index contributed by atoms with van der Waals surface area (Å²) in [4.78, 5) is 11.8. The van der Waals surface area contributed by atoms with Crippen molar-refractivity contribution in [2.45, 2.75) is 12.5 Å². The fourth-order valence-electron chi connectivity index (χ4n) is 1.89. The molecule has 1 N–H and O–H groups in total. The Bertz CT molecular complexity index is 520. The van der Waals surface area contributed by atoms with Gasteiger partial charge in [-0.1, -0.05) is 24.8 Å². The third-order valence-electron chi connectivity index (χ3n) is 2.66. The minimum absolute atomic E-state index is 0.0657. The summed E-state index contributed by atoms with van der Waals surface area (Å²) in [6, 6.07) is 5.49. The molecule has 0 spiro atoms. The quantitative estimate of drug-likeness (QED) is 0.870. The molecule has 0 radical (unpaired) electrons. The lowest BCUT2D eigenvalue weighted by Crippen LogP contribution is -2.03. The van der Waals surface area contributed by atoms with Gasteiger partial charge in [-0.15, -0.1) is 0 Å². The lowest BCUT2D eigenvalue weighted by Gasteiger charge is -2.12. The molecule has 2 rings (SSSR count). The highest BCUT2D eigenvalue weighted by atomic mass is 79.9. The second-order valence-electron chi connectivity index (χ2n) is 3.99. The number of halogens is 1. The molecule has 0 aromatic heterocycles. The lowest BCUT2D eigenvalue weighted by molar-refractivity contribution is -0.114. The SMILES string of the molecule is C=CCOc1c(Br)cccc1C1=C[C@@H](O)CC1=O. The third kappa shape index (κ3) is 2.54. The fraction of sp³-hybridized carbons (Fsp3) is 0.214. The van der Waals surface area contributed by atoms with Gasteiger partial charge in [0.1, 0.15) is 12.4 Å². The van der Waals surface area contributed by atoms with E-state index in [4.69, 9.17) is 4.74 Å². The molecule has 3 nitrogen and oxygen atoms in total. The molecule has 0 heterocycles. The number of hydrogen-bond acceptors (Lipinski definition) is 3. The van der Waals surface area contributed by atoms with Crippen LogP contribution in [0.3, 0.4) is 0 Å². The molecule has 1 aliphatic rings. The van der Waals surface area contributed by atoms with Crippen LogP contribution in [-0.4, -0.2) is 23.6 Å². The van der Waals surface area contributed by atoms with Crippen LogP contribution in [0.2, 0.25) is 0 Å². The lowest BCUT2D eigenvalue weighted by atomic mass is 10.0. The Morgan fingerprint density at radius 3 is 2.94 bits per heavy atom. The zero-order chi connectivity index (χ0) is 13.1. The van der Waals surface area contributed by atoms with Crippen LogP contribution in [-0.2, 0) is 4.79 Å². The summed E-state index contributed by atoms with van der Waals surface area (Å²) in [5.74, 6) is 0.537. The van der Waals surface area contributed by atoms with Crippen LogP contribution in [0.25, 0.3) is 5.57 Å². The summed E-state index contributed by atoms with van der Waals surface area (Å²) in [5.41, 5.74) is 1.22. The van der Waals surface area contributed by atoms with Gasteiger partial charge in [0.2, 0.25) is 0 Å². The number of carbonyl (C=O) groups excluding carboxylic acids is 1. The maximum absolute atomic E-state index is 11.8. The number of para-hydroxylation sites is 1. The zero-order valence-corrected chi connectivity index (χ0v) is 11.3. The van der Waals surface area contributed by atoms with Crippen LogP contribution in [0.15, 0.2) is 41.4 Å². The smallest absolute Gasteiger partial charge is 0.166 e. The molecule has 0 aliphatic heterocycles. The molecule has 0 saturated carbocycles. The summed E-state index contributed by atoms with van der Waals surface area (Å²) < 4.78 is 6.35. The van der Waals surface area contributed by atoms with Crippen molar-refractivity contribution in [3.63, 3.8) is 0 Å². The molecule has 94 valence electrons. The van der Waals surface area contributed by atoms with E-state index in [-0.39, 0.29) is 12.2 Å². The number of ether oxygens (including phenoxy) is 1. The Morgan fingerprint density at radius 1 is 1.56 bits per heavy atom. The first kappa shape index (κ1) is 13.1. The Balaban J connectivity index is 2.44. The Morgan fingerprint density at radius 2 is 2.33 bits per heavy atom. The van der Waals surface area contributed by atoms with Crippen molar-refractivity contribution in [1.29, 1.82) is 0 Å². The van der Waals surface area contributed by atoms with Crippen molar-refractivity contribution in [2.75, 3.05) is 6.61 Å². The first-order valence-corrected chi connectivity index (χ1v) is 6.38. The van der Waals surface area contributed by atoms with Gasteiger partial charge in [-0.2, -0.15) is 0 Å². The molecule has 1 aliphatic carbocycles. The number of benzene rings is 1. The van der Waals surface area contributed by atoms with E-state index in [9.17, 15) is 9.90 Å². The number of ketones is 1. The molecule has 1 aromatic carbocycles. The standard InChI is InChI=1S/C14H13BrO3/c1-2-6-18-14-10(4-3-5-12(14)15)11-7-9(16)8-13(11)17/h2-5,7,9,16H,1,6,8H2/t9-/m1/s1. The largest absolute Gasteiger partial charge is 0.488 e. The van der Waals surface area contributed by atoms with E-state index >= 15 is 0 Å². The van der Waals surface area contributed by atoms with Gasteiger partial charge in [-0.05, 0) is 28.1 Å². The van der Waals surface area contributed by atoms with E-state index in [1.54, 1.807) is 12.2 Å². The topological polar surface area (TPSA) is 46.5 Å². The highest BCUT2D eigenvalue weighted by molar-refractivity contribution is 9.10. The molecule has 1 aromatic rings. The number of Topliss-reactive ketones (excluding diaryl/α,β-unsaturated/α-hetero) is 1. The van der Waals surface area contributed by atoms with E-state index in [1.807, 2.05) is 18.2 Å². The fourth-order valence-corrected chi connectivity index (χ4v) is 2.37. The van der Waals surface area contributed by atoms with E-state index in [2.05, 4.69) is 22.5 Å². The molecule has 0 fully saturated rings. The second-order valence-corrected chi connectivity index (χ2v) is 4.85. The number of allylic oxidation sites excluding steroid dienone is 1. The number of rotatable bonds is 4. The second kappa shape index (κ2) is 5.50. The van der Waals surface area contributed by atoms with E-state index in [0.717, 1.165) is 4.47 Å². The summed E-state index contributed by atoms with van der Waals surface area (Å²) in [5, 5.41) is 9.50. The van der Waals surface area contributed by atoms with Crippen LogP contribution < -0.4 is 4.74 Å². The van der Waals surface area contributed by atoms with Crippen molar-refractivity contribution in [2.24, 2.45) is 0 Å². The first-order valence-electron chi connectivity index (χ1n) is 5.59. The summed E-state index contributed by atoms with van der Waals surface area (Å²) in [6.45, 7) is 3.96. The van der Waals surface area contributed by atoms with Crippen molar-refractivity contribution in [3.8, 4) is 5.75 Å². The number of carbonyl (C=O) groups is 1. The van der Waals surface area contributed by atoms with Crippen LogP contribution in [0.1, 0.15) is 12.0 Å². The Kier molecular flexibility index (Phi) is 3.99. The molecular weight excluding hydrogens is 296 g/mol. The average Bonchev–Trinajstić information content (AvgIpc) is 2.66. The summed E-state index contributed by atoms with van der Waals surface area (Å²) >= 11 is 3.40. The number of aliphatic hydroxyl groups excluding tert-OH is 1. The predicted octanol–water partition coefficient (Wildman–Crippen LogP) is 2.73. The Labute approximate surface area is 114 Å². The maximum Gasteiger partial charge on any atom is 0.166 e. The van der Waals surface area contributed by atoms with E-state index in [0.29, 0.717) is 23.5 Å². The molecule has 0 saturated heterocycles. The maximum atomic E-state index is 11.8. The van der Waals surface area contributed by atoms with Crippen LogP contribution >= 0.6 is 15.9 Å². The third-order valence-corrected chi connectivity index (χ3v) is 3.28. The minimum atomic E-state index is -0.696. The summed E-state index contributed by atoms with van der Waals surface area (Å²) in [7, 11) is 0. The van der Waals surface area contributed by atoms with Gasteiger partial charge in [0.25, 0.3) is 0 Å². The van der Waals surface area contributed by atoms with Gasteiger partial charge >= 0.3 is 0 Å². The van der Waals surface area contributed by atoms with Crippen molar-refractivity contribution in [3.05, 3.63) is 47.0 Å². The van der Waals surface area contributed by atoms with Gasteiger partial charge in [0.05, 0.1) is 10.6 Å². The predicted molar refractivity (Wildman–Crippen MR) is 73.4 cm³/mol. The number of hydrogen-bond donors (Lipinski definition) is 1. The minimum Gasteiger partial charge on any atom is -0.488 e. The molecule has 4 heteroatoms. The first-order chi connectivity index (χ1) is 8.63. The highest BCUT2D eigenvalue weighted by Gasteiger charge is 2.26. The van der Waals surface area contributed by atoms with Gasteiger partial charge in [0.15, 0.2) is 5.78 Å². The normalized spacial score (nSPS) is 18.7. The summed E-state index contributed by atoms with van der Waals surface area (Å²) in [6.07, 6.45) is 2.66. The van der Waals surface area contributed by atoms with Gasteiger partial charge in [-0.25, -0.2) is 0 Å². The monoisotopic (exact) mass is 308 g/mol. The molecule has 0 unspecified atom stereocenters. The highest BCUT2D eigenvalue weighted by Crippen LogP contribution is 2.36. The van der Waals surface area contributed by atoms with Gasteiger partial charge in [0, 0.05) is 17.6 Å². The van der Waals surface area contributed by atoms with Crippen LogP contribution in [0.4, 0.5) is 0 Å². The zero-order valence-electron chi connectivity index (χ0n) is 9.73. The molecule has 1 atom stereocenters. The van der Waals surface area contributed by atoms with Crippen molar-refractivity contribution < 1.29 is 14.6 Å². The van der Waals surface area contributed by atoms with Crippen molar-refractivity contribution in [1.82, 2.24) is 0 Å². The van der Waals surface area contributed by atoms with Crippen LogP contribution in [0, 0.1) is 0 Å².